The van der Waals surface area contributed by atoms with Gasteiger partial charge in [0.05, 0.1) is 18.8 Å². The van der Waals surface area contributed by atoms with Crippen molar-refractivity contribution in [2.45, 2.75) is 13.8 Å². The summed E-state index contributed by atoms with van der Waals surface area (Å²) in [5.41, 5.74) is 5.99. The van der Waals surface area contributed by atoms with Crippen LogP contribution in [-0.2, 0) is 0 Å². The van der Waals surface area contributed by atoms with Gasteiger partial charge in [0.15, 0.2) is 0 Å². The Bertz CT molecular complexity index is 874. The number of rotatable bonds is 2. The van der Waals surface area contributed by atoms with Crippen molar-refractivity contribution in [2.75, 3.05) is 7.11 Å². The van der Waals surface area contributed by atoms with Crippen LogP contribution in [0.3, 0.4) is 0 Å². The highest BCUT2D eigenvalue weighted by molar-refractivity contribution is 5.94. The molecule has 0 bridgehead atoms. The second kappa shape index (κ2) is 4.91. The average Bonchev–Trinajstić information content (AvgIpc) is 2.95. The van der Waals surface area contributed by atoms with Crippen LogP contribution in [0.25, 0.3) is 22.2 Å². The molecular formula is C16H14N4O. The van der Waals surface area contributed by atoms with E-state index in [9.17, 15) is 5.26 Å². The summed E-state index contributed by atoms with van der Waals surface area (Å²) in [5, 5.41) is 16.2. The van der Waals surface area contributed by atoms with Crippen molar-refractivity contribution in [1.29, 1.82) is 5.26 Å². The van der Waals surface area contributed by atoms with Crippen LogP contribution in [0.5, 0.6) is 5.75 Å². The van der Waals surface area contributed by atoms with E-state index >= 15 is 0 Å². The van der Waals surface area contributed by atoms with Gasteiger partial charge in [-0.15, -0.1) is 0 Å². The van der Waals surface area contributed by atoms with E-state index in [4.69, 9.17) is 4.74 Å². The maximum Gasteiger partial charge on any atom is 0.142 e. The Hall–Kier alpha value is -2.87. The van der Waals surface area contributed by atoms with Crippen molar-refractivity contribution in [3.63, 3.8) is 0 Å². The highest BCUT2D eigenvalue weighted by atomic mass is 16.5. The predicted octanol–water partition coefficient (Wildman–Crippen LogP) is 3.12. The molecule has 5 nitrogen and oxygen atoms in total. The zero-order chi connectivity index (χ0) is 15.0. The average molecular weight is 278 g/mol. The van der Waals surface area contributed by atoms with Crippen molar-refractivity contribution in [1.82, 2.24) is 15.2 Å². The van der Waals surface area contributed by atoms with Crippen molar-refractivity contribution >= 4 is 11.0 Å². The first-order valence-electron chi connectivity index (χ1n) is 6.54. The maximum atomic E-state index is 9.18. The van der Waals surface area contributed by atoms with Gasteiger partial charge in [0.2, 0.25) is 0 Å². The fraction of sp³-hybridized carbons (Fsp3) is 0.188. The van der Waals surface area contributed by atoms with E-state index in [-0.39, 0.29) is 0 Å². The minimum absolute atomic E-state index is 0.375. The number of H-pyrrole nitrogens is 1. The third kappa shape index (κ3) is 2.01. The fourth-order valence-electron chi connectivity index (χ4n) is 2.65. The lowest BCUT2D eigenvalue weighted by Gasteiger charge is -2.14. The highest BCUT2D eigenvalue weighted by Crippen LogP contribution is 2.36. The normalized spacial score (nSPS) is 10.6. The summed E-state index contributed by atoms with van der Waals surface area (Å²) in [4.78, 5) is 4.26. The number of hydrogen-bond acceptors (Lipinski definition) is 4. The van der Waals surface area contributed by atoms with Gasteiger partial charge in [-0.1, -0.05) is 6.07 Å². The molecule has 0 saturated carbocycles. The quantitative estimate of drug-likeness (QED) is 0.781. The molecule has 0 spiro atoms. The first-order valence-corrected chi connectivity index (χ1v) is 6.54. The topological polar surface area (TPSA) is 74.6 Å². The molecule has 0 saturated heterocycles. The van der Waals surface area contributed by atoms with Crippen LogP contribution in [0.1, 0.15) is 16.8 Å². The summed E-state index contributed by atoms with van der Waals surface area (Å²) in [7, 11) is 1.65. The lowest BCUT2D eigenvalue weighted by atomic mass is 9.94. The number of hydrogen-bond donors (Lipinski definition) is 1. The first-order chi connectivity index (χ1) is 10.2. The summed E-state index contributed by atoms with van der Waals surface area (Å²) in [6, 6.07) is 7.85. The van der Waals surface area contributed by atoms with Gasteiger partial charge in [0.25, 0.3) is 0 Å². The largest absolute Gasteiger partial charge is 0.496 e. The molecule has 0 radical (unpaired) electrons. The molecule has 104 valence electrons. The first kappa shape index (κ1) is 13.1. The van der Waals surface area contributed by atoms with Crippen molar-refractivity contribution < 1.29 is 4.74 Å². The van der Waals surface area contributed by atoms with Gasteiger partial charge in [-0.05, 0) is 42.7 Å². The van der Waals surface area contributed by atoms with E-state index in [0.717, 1.165) is 33.5 Å². The fourth-order valence-corrected chi connectivity index (χ4v) is 2.65. The van der Waals surface area contributed by atoms with Gasteiger partial charge >= 0.3 is 0 Å². The molecule has 1 N–H and O–H groups in total. The number of aromatic nitrogens is 3. The van der Waals surface area contributed by atoms with Gasteiger partial charge in [0, 0.05) is 5.56 Å². The smallest absolute Gasteiger partial charge is 0.142 e. The third-order valence-corrected chi connectivity index (χ3v) is 3.64. The molecule has 0 aliphatic rings. The standard InChI is InChI=1S/C16H14N4O/c1-9-4-5-14(21-3)10(2)15(9)12-6-11(7-17)19-13-8-18-20-16(12)13/h4-6,8H,1-3H3,(H,18,20). The van der Waals surface area contributed by atoms with E-state index in [1.807, 2.05) is 26.0 Å². The van der Waals surface area contributed by atoms with E-state index in [1.54, 1.807) is 19.4 Å². The van der Waals surface area contributed by atoms with Gasteiger partial charge < -0.3 is 4.74 Å². The lowest BCUT2D eigenvalue weighted by molar-refractivity contribution is 0.412. The number of nitrogens with zero attached hydrogens (tertiary/aromatic N) is 3. The van der Waals surface area contributed by atoms with Crippen LogP contribution in [0.15, 0.2) is 24.4 Å². The molecule has 3 rings (SSSR count). The Balaban J connectivity index is 2.40. The molecule has 1 aromatic carbocycles. The van der Waals surface area contributed by atoms with Crippen LogP contribution in [0.4, 0.5) is 0 Å². The Morgan fingerprint density at radius 3 is 2.81 bits per heavy atom. The molecule has 0 aliphatic heterocycles. The maximum absolute atomic E-state index is 9.18. The van der Waals surface area contributed by atoms with Gasteiger partial charge in [-0.2, -0.15) is 10.4 Å². The monoisotopic (exact) mass is 278 g/mol. The van der Waals surface area contributed by atoms with Gasteiger partial charge in [0.1, 0.15) is 23.0 Å². The number of aromatic amines is 1. The Morgan fingerprint density at radius 1 is 1.29 bits per heavy atom. The highest BCUT2D eigenvalue weighted by Gasteiger charge is 2.15. The molecule has 5 heteroatoms. The number of ether oxygens (including phenoxy) is 1. The molecule has 0 fully saturated rings. The second-order valence-electron chi connectivity index (χ2n) is 4.88. The molecule has 21 heavy (non-hydrogen) atoms. The Morgan fingerprint density at radius 2 is 2.10 bits per heavy atom. The molecule has 0 unspecified atom stereocenters. The summed E-state index contributed by atoms with van der Waals surface area (Å²) in [6.45, 7) is 4.05. The molecule has 0 aliphatic carbocycles. The van der Waals surface area contributed by atoms with Gasteiger partial charge in [-0.25, -0.2) is 4.98 Å². The number of nitrogens with one attached hydrogen (secondary N) is 1. The summed E-state index contributed by atoms with van der Waals surface area (Å²) >= 11 is 0. The van der Waals surface area contributed by atoms with Crippen LogP contribution in [0.2, 0.25) is 0 Å². The lowest BCUT2D eigenvalue weighted by Crippen LogP contribution is -1.96. The molecular weight excluding hydrogens is 264 g/mol. The van der Waals surface area contributed by atoms with E-state index in [0.29, 0.717) is 11.2 Å². The number of aryl methyl sites for hydroxylation is 1. The number of fused-ring (bicyclic) bond motifs is 1. The predicted molar refractivity (Wildman–Crippen MR) is 80.1 cm³/mol. The molecule has 0 atom stereocenters. The van der Waals surface area contributed by atoms with Gasteiger partial charge in [-0.3, -0.25) is 5.10 Å². The third-order valence-electron chi connectivity index (χ3n) is 3.64. The van der Waals surface area contributed by atoms with Crippen molar-refractivity contribution in [3.05, 3.63) is 41.2 Å². The van der Waals surface area contributed by atoms with Crippen molar-refractivity contribution in [3.8, 4) is 22.9 Å². The zero-order valence-corrected chi connectivity index (χ0v) is 12.1. The van der Waals surface area contributed by atoms with Crippen molar-refractivity contribution in [2.24, 2.45) is 0 Å². The van der Waals surface area contributed by atoms with E-state index in [2.05, 4.69) is 21.3 Å². The molecule has 2 aromatic heterocycles. The Kier molecular flexibility index (Phi) is 3.07. The summed E-state index contributed by atoms with van der Waals surface area (Å²) < 4.78 is 5.41. The Labute approximate surface area is 122 Å². The van der Waals surface area contributed by atoms with Crippen LogP contribution >= 0.6 is 0 Å². The summed E-state index contributed by atoms with van der Waals surface area (Å²) in [5.74, 6) is 0.818. The number of benzene rings is 1. The molecule has 2 heterocycles. The number of nitriles is 1. The minimum Gasteiger partial charge on any atom is -0.496 e. The number of methoxy groups -OCH3 is 1. The minimum atomic E-state index is 0.375. The summed E-state index contributed by atoms with van der Waals surface area (Å²) in [6.07, 6.45) is 1.63. The van der Waals surface area contributed by atoms with Crippen LogP contribution < -0.4 is 4.74 Å². The van der Waals surface area contributed by atoms with E-state index in [1.165, 1.54) is 0 Å². The van der Waals surface area contributed by atoms with Crippen LogP contribution in [0, 0.1) is 25.2 Å². The number of pyridine rings is 1. The molecule has 0 amide bonds. The van der Waals surface area contributed by atoms with E-state index < -0.39 is 0 Å². The van der Waals surface area contributed by atoms with Crippen LogP contribution in [-0.4, -0.2) is 22.3 Å². The SMILES string of the molecule is COc1ccc(C)c(-c2cc(C#N)nc3cn[nH]c23)c1C. The second-order valence-corrected chi connectivity index (χ2v) is 4.88. The zero-order valence-electron chi connectivity index (χ0n) is 12.1. The molecule has 3 aromatic rings.